The Labute approximate surface area is 128 Å². The summed E-state index contributed by atoms with van der Waals surface area (Å²) in [5.74, 6) is 0. The average molecular weight is 338 g/mol. The van der Waals surface area contributed by atoms with Crippen molar-refractivity contribution in [3.8, 4) is 0 Å². The van der Waals surface area contributed by atoms with Gasteiger partial charge in [-0.2, -0.15) is 0 Å². The van der Waals surface area contributed by atoms with Gasteiger partial charge in [-0.05, 0) is 35.6 Å². The number of aryl methyl sites for hydroxylation is 1. The number of thiophene rings is 1. The first-order valence-electron chi connectivity index (χ1n) is 6.49. The molecule has 0 amide bonds. The maximum atomic E-state index is 3.57. The van der Waals surface area contributed by atoms with E-state index in [0.29, 0.717) is 0 Å². The summed E-state index contributed by atoms with van der Waals surface area (Å²) in [7, 11) is 0. The van der Waals surface area contributed by atoms with Crippen molar-refractivity contribution in [3.05, 3.63) is 56.2 Å². The summed E-state index contributed by atoms with van der Waals surface area (Å²) in [5.41, 5.74) is 2.82. The Morgan fingerprint density at radius 3 is 2.68 bits per heavy atom. The molecule has 0 aliphatic heterocycles. The van der Waals surface area contributed by atoms with E-state index in [4.69, 9.17) is 0 Å². The van der Waals surface area contributed by atoms with Gasteiger partial charge in [-0.1, -0.05) is 48.0 Å². The molecule has 19 heavy (non-hydrogen) atoms. The van der Waals surface area contributed by atoms with Gasteiger partial charge in [0.2, 0.25) is 0 Å². The molecule has 0 saturated heterocycles. The van der Waals surface area contributed by atoms with E-state index < -0.39 is 0 Å². The summed E-state index contributed by atoms with van der Waals surface area (Å²) in [6.07, 6.45) is 0. The van der Waals surface area contributed by atoms with Crippen LogP contribution >= 0.6 is 27.3 Å². The molecule has 2 aromatic rings. The van der Waals surface area contributed by atoms with Crippen LogP contribution in [0.4, 0.5) is 0 Å². The quantitative estimate of drug-likeness (QED) is 0.819. The topological polar surface area (TPSA) is 12.0 Å². The lowest BCUT2D eigenvalue weighted by Crippen LogP contribution is -2.31. The lowest BCUT2D eigenvalue weighted by Gasteiger charge is -2.23. The zero-order valence-corrected chi connectivity index (χ0v) is 14.1. The molecule has 0 aliphatic rings. The molecule has 1 N–H and O–H groups in total. The van der Waals surface area contributed by atoms with Crippen molar-refractivity contribution in [2.24, 2.45) is 0 Å². The first kappa shape index (κ1) is 14.8. The molecule has 0 bridgehead atoms. The van der Waals surface area contributed by atoms with Gasteiger partial charge in [0.1, 0.15) is 0 Å². The molecule has 1 aromatic heterocycles. The van der Waals surface area contributed by atoms with Crippen LogP contribution in [0, 0.1) is 6.92 Å². The van der Waals surface area contributed by atoms with E-state index >= 15 is 0 Å². The zero-order chi connectivity index (χ0) is 13.9. The Bertz CT molecular complexity index is 532. The SMILES string of the molecule is Cc1cc(CNCC(C)(C)c2cccs2)ccc1Br. The Hall–Kier alpha value is -0.640. The van der Waals surface area contributed by atoms with Crippen LogP contribution in [0.25, 0.3) is 0 Å². The highest BCUT2D eigenvalue weighted by atomic mass is 79.9. The number of rotatable bonds is 5. The molecule has 102 valence electrons. The van der Waals surface area contributed by atoms with Crippen LogP contribution in [0.2, 0.25) is 0 Å². The van der Waals surface area contributed by atoms with Gasteiger partial charge < -0.3 is 5.32 Å². The third-order valence-corrected chi connectivity index (χ3v) is 5.43. The van der Waals surface area contributed by atoms with Crippen LogP contribution in [0.3, 0.4) is 0 Å². The number of hydrogen-bond donors (Lipinski definition) is 1. The van der Waals surface area contributed by atoms with E-state index in [1.165, 1.54) is 20.5 Å². The van der Waals surface area contributed by atoms with E-state index in [-0.39, 0.29) is 5.41 Å². The van der Waals surface area contributed by atoms with Crippen LogP contribution in [0.15, 0.2) is 40.2 Å². The second-order valence-electron chi connectivity index (χ2n) is 5.55. The maximum absolute atomic E-state index is 3.57. The van der Waals surface area contributed by atoms with Crippen molar-refractivity contribution in [1.29, 1.82) is 0 Å². The minimum Gasteiger partial charge on any atom is -0.312 e. The molecule has 0 fully saturated rings. The highest BCUT2D eigenvalue weighted by Gasteiger charge is 2.20. The molecule has 0 saturated carbocycles. The van der Waals surface area contributed by atoms with E-state index in [0.717, 1.165) is 13.1 Å². The molecule has 1 aromatic carbocycles. The van der Waals surface area contributed by atoms with E-state index in [9.17, 15) is 0 Å². The molecule has 1 heterocycles. The Kier molecular flexibility index (Phi) is 4.82. The second-order valence-corrected chi connectivity index (χ2v) is 7.35. The highest BCUT2D eigenvalue weighted by molar-refractivity contribution is 9.10. The summed E-state index contributed by atoms with van der Waals surface area (Å²) in [6.45, 7) is 8.62. The third-order valence-electron chi connectivity index (χ3n) is 3.31. The predicted octanol–water partition coefficient (Wildman–Crippen LogP) is 4.89. The standard InChI is InChI=1S/C16H20BrNS/c1-12-9-13(6-7-14(12)17)10-18-11-16(2,3)15-5-4-8-19-15/h4-9,18H,10-11H2,1-3H3. The van der Waals surface area contributed by atoms with Crippen LogP contribution in [-0.4, -0.2) is 6.54 Å². The van der Waals surface area contributed by atoms with Crippen LogP contribution < -0.4 is 5.32 Å². The fraction of sp³-hybridized carbons (Fsp3) is 0.375. The largest absolute Gasteiger partial charge is 0.312 e. The summed E-state index contributed by atoms with van der Waals surface area (Å²) in [4.78, 5) is 1.44. The lowest BCUT2D eigenvalue weighted by atomic mass is 9.91. The molecular weight excluding hydrogens is 318 g/mol. The summed E-state index contributed by atoms with van der Waals surface area (Å²) in [5, 5.41) is 5.72. The summed E-state index contributed by atoms with van der Waals surface area (Å²) >= 11 is 5.37. The van der Waals surface area contributed by atoms with E-state index in [1.54, 1.807) is 0 Å². The highest BCUT2D eigenvalue weighted by Crippen LogP contribution is 2.26. The minimum atomic E-state index is 0.193. The number of nitrogens with one attached hydrogen (secondary N) is 1. The zero-order valence-electron chi connectivity index (χ0n) is 11.7. The molecule has 0 unspecified atom stereocenters. The smallest absolute Gasteiger partial charge is 0.0205 e. The minimum absolute atomic E-state index is 0.193. The van der Waals surface area contributed by atoms with Crippen molar-refractivity contribution >= 4 is 27.3 Å². The first-order valence-corrected chi connectivity index (χ1v) is 8.16. The number of halogens is 1. The number of benzene rings is 1. The van der Waals surface area contributed by atoms with Crippen molar-refractivity contribution in [1.82, 2.24) is 5.32 Å². The monoisotopic (exact) mass is 337 g/mol. The Balaban J connectivity index is 1.91. The van der Waals surface area contributed by atoms with E-state index in [1.807, 2.05) is 11.3 Å². The van der Waals surface area contributed by atoms with Crippen LogP contribution in [-0.2, 0) is 12.0 Å². The molecule has 0 spiro atoms. The van der Waals surface area contributed by atoms with Gasteiger partial charge in [0.25, 0.3) is 0 Å². The van der Waals surface area contributed by atoms with Crippen LogP contribution in [0.1, 0.15) is 29.9 Å². The summed E-state index contributed by atoms with van der Waals surface area (Å²) in [6, 6.07) is 10.9. The first-order chi connectivity index (χ1) is 8.99. The van der Waals surface area contributed by atoms with Gasteiger partial charge in [-0.3, -0.25) is 0 Å². The van der Waals surface area contributed by atoms with Crippen molar-refractivity contribution in [2.45, 2.75) is 32.7 Å². The fourth-order valence-electron chi connectivity index (χ4n) is 2.09. The second kappa shape index (κ2) is 6.21. The lowest BCUT2D eigenvalue weighted by molar-refractivity contribution is 0.477. The predicted molar refractivity (Wildman–Crippen MR) is 87.9 cm³/mol. The Morgan fingerprint density at radius 1 is 1.26 bits per heavy atom. The molecule has 1 nitrogen and oxygen atoms in total. The van der Waals surface area contributed by atoms with Crippen LogP contribution in [0.5, 0.6) is 0 Å². The average Bonchev–Trinajstić information content (AvgIpc) is 2.88. The fourth-order valence-corrected chi connectivity index (χ4v) is 3.19. The van der Waals surface area contributed by atoms with Crippen molar-refractivity contribution < 1.29 is 0 Å². The maximum Gasteiger partial charge on any atom is 0.0205 e. The molecule has 2 rings (SSSR count). The van der Waals surface area contributed by atoms with Gasteiger partial charge >= 0.3 is 0 Å². The molecule has 3 heteroatoms. The number of hydrogen-bond acceptors (Lipinski definition) is 2. The normalized spacial score (nSPS) is 11.8. The molecular formula is C16H20BrNS. The third kappa shape index (κ3) is 3.91. The van der Waals surface area contributed by atoms with Gasteiger partial charge in [-0.25, -0.2) is 0 Å². The molecule has 0 aliphatic carbocycles. The summed E-state index contributed by atoms with van der Waals surface area (Å²) < 4.78 is 1.18. The van der Waals surface area contributed by atoms with Gasteiger partial charge in [0.15, 0.2) is 0 Å². The van der Waals surface area contributed by atoms with Crippen molar-refractivity contribution in [3.63, 3.8) is 0 Å². The van der Waals surface area contributed by atoms with Gasteiger partial charge in [0, 0.05) is 27.9 Å². The molecule has 0 radical (unpaired) electrons. The van der Waals surface area contributed by atoms with Gasteiger partial charge in [0.05, 0.1) is 0 Å². The Morgan fingerprint density at radius 2 is 2.05 bits per heavy atom. The molecule has 0 atom stereocenters. The van der Waals surface area contributed by atoms with E-state index in [2.05, 4.69) is 77.7 Å². The van der Waals surface area contributed by atoms with Gasteiger partial charge in [-0.15, -0.1) is 11.3 Å². The van der Waals surface area contributed by atoms with Crippen molar-refractivity contribution in [2.75, 3.05) is 6.54 Å².